The highest BCUT2D eigenvalue weighted by Gasteiger charge is 2.28. The van der Waals surface area contributed by atoms with Crippen LogP contribution in [0.5, 0.6) is 0 Å². The Balaban J connectivity index is 2.53. The van der Waals surface area contributed by atoms with Gasteiger partial charge in [-0.05, 0) is 5.75 Å². The lowest BCUT2D eigenvalue weighted by molar-refractivity contribution is -0.143. The second kappa shape index (κ2) is 7.39. The molecule has 1 aliphatic heterocycles. The summed E-state index contributed by atoms with van der Waals surface area (Å²) in [6.07, 6.45) is -1.69. The number of primary amides is 1. The molecule has 2 N–H and O–H groups in total. The third kappa shape index (κ3) is 4.82. The monoisotopic (exact) mass is 262 g/mol. The van der Waals surface area contributed by atoms with E-state index in [2.05, 4.69) is 0 Å². The maximum absolute atomic E-state index is 12.1. The Kier molecular flexibility index (Phi) is 6.13. The topological polar surface area (TPSA) is 81.9 Å². The Morgan fingerprint density at radius 1 is 1.47 bits per heavy atom. The van der Waals surface area contributed by atoms with E-state index in [-0.39, 0.29) is 5.91 Å². The van der Waals surface area contributed by atoms with Crippen LogP contribution in [-0.2, 0) is 14.3 Å². The first kappa shape index (κ1) is 14.1. The van der Waals surface area contributed by atoms with E-state index >= 15 is 0 Å². The van der Waals surface area contributed by atoms with Crippen molar-refractivity contribution in [3.63, 3.8) is 0 Å². The van der Waals surface area contributed by atoms with Gasteiger partial charge in [-0.3, -0.25) is 4.79 Å². The average molecular weight is 262 g/mol. The van der Waals surface area contributed by atoms with Crippen LogP contribution in [0.3, 0.4) is 0 Å². The molecule has 0 aromatic rings. The molecule has 1 atom stereocenters. The predicted octanol–water partition coefficient (Wildman–Crippen LogP) is 0.0622. The van der Waals surface area contributed by atoms with Gasteiger partial charge in [-0.1, -0.05) is 6.92 Å². The molecule has 0 spiro atoms. The zero-order chi connectivity index (χ0) is 12.7. The molecule has 1 heterocycles. The Morgan fingerprint density at radius 2 is 2.12 bits per heavy atom. The number of nitrogens with two attached hydrogens (primary N) is 1. The molecule has 2 amide bonds. The third-order valence-electron chi connectivity index (χ3n) is 2.33. The molecule has 1 saturated heterocycles. The molecule has 0 aliphatic carbocycles. The predicted molar refractivity (Wildman–Crippen MR) is 64.9 cm³/mol. The van der Waals surface area contributed by atoms with Crippen LogP contribution in [-0.4, -0.2) is 60.8 Å². The highest BCUT2D eigenvalue weighted by Crippen LogP contribution is 2.10. The van der Waals surface area contributed by atoms with Crippen molar-refractivity contribution < 1.29 is 19.1 Å². The number of rotatable bonds is 5. The molecule has 17 heavy (non-hydrogen) atoms. The summed E-state index contributed by atoms with van der Waals surface area (Å²) in [6, 6.07) is 0. The molecule has 0 aromatic carbocycles. The quantitative estimate of drug-likeness (QED) is 0.757. The van der Waals surface area contributed by atoms with Gasteiger partial charge in [0.15, 0.2) is 6.10 Å². The number of hydrogen-bond acceptors (Lipinski definition) is 5. The van der Waals surface area contributed by atoms with Gasteiger partial charge in [-0.25, -0.2) is 4.79 Å². The molecule has 6 nitrogen and oxygen atoms in total. The van der Waals surface area contributed by atoms with Crippen molar-refractivity contribution in [1.82, 2.24) is 4.90 Å². The van der Waals surface area contributed by atoms with E-state index in [0.29, 0.717) is 32.1 Å². The molecule has 0 aromatic heterocycles. The third-order valence-corrected chi connectivity index (χ3v) is 3.28. The summed E-state index contributed by atoms with van der Waals surface area (Å²) in [7, 11) is 0. The van der Waals surface area contributed by atoms with E-state index in [1.54, 1.807) is 4.90 Å². The van der Waals surface area contributed by atoms with Crippen molar-refractivity contribution in [3.8, 4) is 0 Å². The van der Waals surface area contributed by atoms with Crippen molar-refractivity contribution in [2.45, 2.75) is 13.0 Å². The molecule has 0 bridgehead atoms. The van der Waals surface area contributed by atoms with Gasteiger partial charge >= 0.3 is 6.09 Å². The Bertz CT molecular complexity index is 269. The molecular formula is C10H18N2O4S. The van der Waals surface area contributed by atoms with Crippen LogP contribution in [0.15, 0.2) is 0 Å². The molecule has 7 heteroatoms. The molecule has 1 rings (SSSR count). The Hall–Kier alpha value is -0.950. The number of amides is 2. The summed E-state index contributed by atoms with van der Waals surface area (Å²) in [6.45, 7) is 4.10. The van der Waals surface area contributed by atoms with Crippen LogP contribution in [0.1, 0.15) is 6.92 Å². The lowest BCUT2D eigenvalue weighted by Gasteiger charge is -2.29. The summed E-state index contributed by atoms with van der Waals surface area (Å²) in [4.78, 5) is 24.5. The standard InChI is InChI=1S/C10H18N2O4S/c1-2-17-7-8(16-10(11)14)9(13)12-3-5-15-6-4-12/h8H,2-7H2,1H3,(H2,11,14). The largest absolute Gasteiger partial charge is 0.435 e. The zero-order valence-corrected chi connectivity index (χ0v) is 10.7. The van der Waals surface area contributed by atoms with Gasteiger partial charge in [0.05, 0.1) is 13.2 Å². The van der Waals surface area contributed by atoms with E-state index < -0.39 is 12.2 Å². The van der Waals surface area contributed by atoms with Gasteiger partial charge in [0.2, 0.25) is 0 Å². The maximum Gasteiger partial charge on any atom is 0.405 e. The van der Waals surface area contributed by atoms with E-state index in [1.807, 2.05) is 6.92 Å². The van der Waals surface area contributed by atoms with Gasteiger partial charge in [-0.15, -0.1) is 0 Å². The molecule has 1 fully saturated rings. The first-order valence-corrected chi connectivity index (χ1v) is 6.71. The highest BCUT2D eigenvalue weighted by atomic mass is 32.2. The fraction of sp³-hybridized carbons (Fsp3) is 0.800. The van der Waals surface area contributed by atoms with E-state index in [9.17, 15) is 9.59 Å². The number of carbonyl (C=O) groups excluding carboxylic acids is 2. The lowest BCUT2D eigenvalue weighted by Crippen LogP contribution is -2.48. The van der Waals surface area contributed by atoms with Crippen LogP contribution >= 0.6 is 11.8 Å². The second-order valence-corrected chi connectivity index (χ2v) is 4.84. The lowest BCUT2D eigenvalue weighted by atomic mass is 10.3. The van der Waals surface area contributed by atoms with E-state index in [4.69, 9.17) is 15.2 Å². The van der Waals surface area contributed by atoms with Crippen molar-refractivity contribution in [2.24, 2.45) is 5.73 Å². The van der Waals surface area contributed by atoms with Gasteiger partial charge in [0.1, 0.15) is 0 Å². The molecule has 0 radical (unpaired) electrons. The fourth-order valence-corrected chi connectivity index (χ4v) is 2.17. The molecular weight excluding hydrogens is 244 g/mol. The van der Waals surface area contributed by atoms with E-state index in [0.717, 1.165) is 5.75 Å². The minimum absolute atomic E-state index is 0.187. The van der Waals surface area contributed by atoms with Crippen LogP contribution in [0.4, 0.5) is 4.79 Å². The van der Waals surface area contributed by atoms with Gasteiger partial charge < -0.3 is 20.1 Å². The normalized spacial score (nSPS) is 17.6. The van der Waals surface area contributed by atoms with Crippen LogP contribution in [0.2, 0.25) is 0 Å². The molecule has 1 unspecified atom stereocenters. The van der Waals surface area contributed by atoms with Crippen molar-refractivity contribution in [3.05, 3.63) is 0 Å². The van der Waals surface area contributed by atoms with E-state index in [1.165, 1.54) is 11.8 Å². The minimum atomic E-state index is -0.909. The summed E-state index contributed by atoms with van der Waals surface area (Å²) in [5, 5.41) is 0. The van der Waals surface area contributed by atoms with Crippen LogP contribution in [0, 0.1) is 0 Å². The molecule has 0 saturated carbocycles. The Morgan fingerprint density at radius 3 is 2.65 bits per heavy atom. The average Bonchev–Trinajstić information content (AvgIpc) is 2.34. The zero-order valence-electron chi connectivity index (χ0n) is 9.89. The van der Waals surface area contributed by atoms with Crippen LogP contribution in [0.25, 0.3) is 0 Å². The van der Waals surface area contributed by atoms with Crippen molar-refractivity contribution >= 4 is 23.8 Å². The number of hydrogen-bond donors (Lipinski definition) is 1. The van der Waals surface area contributed by atoms with Crippen molar-refractivity contribution in [2.75, 3.05) is 37.8 Å². The number of carbonyl (C=O) groups is 2. The van der Waals surface area contributed by atoms with Crippen LogP contribution < -0.4 is 5.73 Å². The van der Waals surface area contributed by atoms with Gasteiger partial charge in [0, 0.05) is 18.8 Å². The molecule has 98 valence electrons. The second-order valence-electron chi connectivity index (χ2n) is 3.52. The molecule has 1 aliphatic rings. The summed E-state index contributed by atoms with van der Waals surface area (Å²) in [5.41, 5.74) is 4.97. The van der Waals surface area contributed by atoms with Gasteiger partial charge in [0.25, 0.3) is 5.91 Å². The summed E-state index contributed by atoms with van der Waals surface area (Å²) >= 11 is 1.54. The summed E-state index contributed by atoms with van der Waals surface area (Å²) < 4.78 is 10.0. The SMILES string of the molecule is CCSCC(OC(N)=O)C(=O)N1CCOCC1. The summed E-state index contributed by atoms with van der Waals surface area (Å²) in [5.74, 6) is 1.11. The number of nitrogens with zero attached hydrogens (tertiary/aromatic N) is 1. The first-order valence-electron chi connectivity index (χ1n) is 5.55. The van der Waals surface area contributed by atoms with Crippen molar-refractivity contribution in [1.29, 1.82) is 0 Å². The number of morpholine rings is 1. The number of thioether (sulfide) groups is 1. The Labute approximate surface area is 105 Å². The maximum atomic E-state index is 12.1. The van der Waals surface area contributed by atoms with Gasteiger partial charge in [-0.2, -0.15) is 11.8 Å². The smallest absolute Gasteiger partial charge is 0.405 e. The minimum Gasteiger partial charge on any atom is -0.435 e. The fourth-order valence-electron chi connectivity index (χ4n) is 1.51. The first-order chi connectivity index (χ1) is 8.15. The highest BCUT2D eigenvalue weighted by molar-refractivity contribution is 7.99. The number of ether oxygens (including phenoxy) is 2.